The van der Waals surface area contributed by atoms with Crippen LogP contribution in [-0.4, -0.2) is 35.7 Å². The Morgan fingerprint density at radius 1 is 1.65 bits per heavy atom. The molecule has 1 saturated heterocycles. The van der Waals surface area contributed by atoms with E-state index < -0.39 is 0 Å². The number of halogens is 1. The number of nitrogens with zero attached hydrogens (tertiary/aromatic N) is 1. The molecule has 2 rings (SSSR count). The maximum absolute atomic E-state index is 9.62. The van der Waals surface area contributed by atoms with Gasteiger partial charge < -0.3 is 10.8 Å². The summed E-state index contributed by atoms with van der Waals surface area (Å²) in [7, 11) is 0. The van der Waals surface area contributed by atoms with Gasteiger partial charge in [0.25, 0.3) is 0 Å². The molecule has 17 heavy (non-hydrogen) atoms. The second-order valence-electron chi connectivity index (χ2n) is 4.68. The zero-order chi connectivity index (χ0) is 12.4. The summed E-state index contributed by atoms with van der Waals surface area (Å²) in [5.74, 6) is 0.375. The third kappa shape index (κ3) is 3.01. The molecule has 3 unspecified atom stereocenters. The number of hydrogen-bond donors (Lipinski definition) is 2. The molecule has 0 aliphatic carbocycles. The second kappa shape index (κ2) is 5.67. The lowest BCUT2D eigenvalue weighted by Crippen LogP contribution is -2.32. The van der Waals surface area contributed by atoms with E-state index in [2.05, 4.69) is 11.0 Å². The number of nitrogens with two attached hydrogens (primary N) is 1. The summed E-state index contributed by atoms with van der Waals surface area (Å²) in [5.41, 5.74) is 5.87. The van der Waals surface area contributed by atoms with Crippen molar-refractivity contribution in [1.82, 2.24) is 4.90 Å². The topological polar surface area (TPSA) is 49.5 Å². The van der Waals surface area contributed by atoms with Gasteiger partial charge in [0, 0.05) is 18.0 Å². The van der Waals surface area contributed by atoms with Crippen LogP contribution in [0.2, 0.25) is 4.34 Å². The van der Waals surface area contributed by atoms with Gasteiger partial charge in [-0.1, -0.05) is 11.6 Å². The minimum Gasteiger partial charge on any atom is -0.393 e. The molecule has 0 saturated carbocycles. The van der Waals surface area contributed by atoms with Gasteiger partial charge in [-0.25, -0.2) is 0 Å². The summed E-state index contributed by atoms with van der Waals surface area (Å²) in [6.07, 6.45) is 0.818. The van der Waals surface area contributed by atoms with Crippen molar-refractivity contribution in [2.75, 3.05) is 19.6 Å². The summed E-state index contributed by atoms with van der Waals surface area (Å²) < 4.78 is 0.810. The molecule has 3 nitrogen and oxygen atoms in total. The van der Waals surface area contributed by atoms with Crippen LogP contribution in [0.3, 0.4) is 0 Å². The fraction of sp³-hybridized carbons (Fsp3) is 0.667. The SMILES string of the molecule is CC(O)C1CCN(C(CN)c2ccc(Cl)s2)C1. The van der Waals surface area contributed by atoms with Gasteiger partial charge in [-0.2, -0.15) is 0 Å². The Balaban J connectivity index is 2.05. The number of rotatable bonds is 4. The van der Waals surface area contributed by atoms with Gasteiger partial charge in [-0.3, -0.25) is 4.90 Å². The van der Waals surface area contributed by atoms with E-state index in [-0.39, 0.29) is 12.1 Å². The molecule has 96 valence electrons. The van der Waals surface area contributed by atoms with Crippen molar-refractivity contribution in [3.8, 4) is 0 Å². The molecule has 0 spiro atoms. The van der Waals surface area contributed by atoms with Crippen LogP contribution in [0.4, 0.5) is 0 Å². The van der Waals surface area contributed by atoms with E-state index in [1.165, 1.54) is 4.88 Å². The molecule has 1 aromatic rings. The van der Waals surface area contributed by atoms with E-state index in [1.54, 1.807) is 11.3 Å². The van der Waals surface area contributed by atoms with Crippen molar-refractivity contribution in [3.63, 3.8) is 0 Å². The maximum Gasteiger partial charge on any atom is 0.0931 e. The van der Waals surface area contributed by atoms with E-state index in [4.69, 9.17) is 17.3 Å². The van der Waals surface area contributed by atoms with Gasteiger partial charge in [0.15, 0.2) is 0 Å². The minimum absolute atomic E-state index is 0.231. The monoisotopic (exact) mass is 274 g/mol. The standard InChI is InChI=1S/C12H19ClN2OS/c1-8(16)9-4-5-15(7-9)10(6-14)11-2-3-12(13)17-11/h2-3,8-10,16H,4-7,14H2,1H3. The van der Waals surface area contributed by atoms with Crippen molar-refractivity contribution in [1.29, 1.82) is 0 Å². The Morgan fingerprint density at radius 2 is 2.41 bits per heavy atom. The minimum atomic E-state index is -0.231. The van der Waals surface area contributed by atoms with Crippen molar-refractivity contribution in [2.45, 2.75) is 25.5 Å². The zero-order valence-electron chi connectivity index (χ0n) is 9.97. The fourth-order valence-corrected chi connectivity index (χ4v) is 3.65. The van der Waals surface area contributed by atoms with E-state index >= 15 is 0 Å². The third-order valence-electron chi connectivity index (χ3n) is 3.52. The van der Waals surface area contributed by atoms with Crippen molar-refractivity contribution < 1.29 is 5.11 Å². The summed E-state index contributed by atoms with van der Waals surface area (Å²) in [4.78, 5) is 3.59. The van der Waals surface area contributed by atoms with E-state index in [0.29, 0.717) is 12.5 Å². The number of hydrogen-bond acceptors (Lipinski definition) is 4. The van der Waals surface area contributed by atoms with Gasteiger partial charge in [-0.15, -0.1) is 11.3 Å². The first-order chi connectivity index (χ1) is 8.11. The van der Waals surface area contributed by atoms with Crippen LogP contribution in [0.25, 0.3) is 0 Å². The molecule has 1 aliphatic rings. The molecule has 2 heterocycles. The van der Waals surface area contributed by atoms with E-state index in [9.17, 15) is 5.11 Å². The molecule has 5 heteroatoms. The average Bonchev–Trinajstić information content (AvgIpc) is 2.89. The molecule has 1 aromatic heterocycles. The lowest BCUT2D eigenvalue weighted by Gasteiger charge is -2.26. The molecular formula is C12H19ClN2OS. The second-order valence-corrected chi connectivity index (χ2v) is 6.42. The van der Waals surface area contributed by atoms with Crippen LogP contribution < -0.4 is 5.73 Å². The molecule has 1 fully saturated rings. The van der Waals surface area contributed by atoms with Crippen LogP contribution in [0.5, 0.6) is 0 Å². The van der Waals surface area contributed by atoms with Gasteiger partial charge in [-0.05, 0) is 37.9 Å². The highest BCUT2D eigenvalue weighted by molar-refractivity contribution is 7.16. The molecule has 3 atom stereocenters. The summed E-state index contributed by atoms with van der Waals surface area (Å²) in [6.45, 7) is 4.40. The largest absolute Gasteiger partial charge is 0.393 e. The molecule has 0 bridgehead atoms. The highest BCUT2D eigenvalue weighted by atomic mass is 35.5. The van der Waals surface area contributed by atoms with Gasteiger partial charge in [0.1, 0.15) is 0 Å². The van der Waals surface area contributed by atoms with Crippen molar-refractivity contribution in [3.05, 3.63) is 21.3 Å². The highest BCUT2D eigenvalue weighted by Crippen LogP contribution is 2.33. The molecule has 0 aromatic carbocycles. The first-order valence-electron chi connectivity index (χ1n) is 5.99. The Labute approximate surface area is 111 Å². The fourth-order valence-electron chi connectivity index (χ4n) is 2.44. The molecule has 0 radical (unpaired) electrons. The van der Waals surface area contributed by atoms with E-state index in [1.807, 2.05) is 13.0 Å². The Bertz CT molecular complexity index is 369. The van der Waals surface area contributed by atoms with Gasteiger partial charge >= 0.3 is 0 Å². The number of aliphatic hydroxyl groups excluding tert-OH is 1. The molecule has 3 N–H and O–H groups in total. The number of thiophene rings is 1. The lowest BCUT2D eigenvalue weighted by molar-refractivity contribution is 0.122. The highest BCUT2D eigenvalue weighted by Gasteiger charge is 2.31. The number of aliphatic hydroxyl groups is 1. The predicted molar refractivity (Wildman–Crippen MR) is 72.5 cm³/mol. The average molecular weight is 275 g/mol. The van der Waals surface area contributed by atoms with Crippen LogP contribution in [0.1, 0.15) is 24.3 Å². The first kappa shape index (κ1) is 13.3. The zero-order valence-corrected chi connectivity index (χ0v) is 11.5. The predicted octanol–water partition coefficient (Wildman–Crippen LogP) is 2.10. The smallest absolute Gasteiger partial charge is 0.0931 e. The quantitative estimate of drug-likeness (QED) is 0.884. The summed E-state index contributed by atoms with van der Waals surface area (Å²) >= 11 is 7.56. The molecule has 0 amide bonds. The normalized spacial score (nSPS) is 25.1. The van der Waals surface area contributed by atoms with Gasteiger partial charge in [0.2, 0.25) is 0 Å². The molecule has 1 aliphatic heterocycles. The Hall–Kier alpha value is -0.130. The first-order valence-corrected chi connectivity index (χ1v) is 7.18. The van der Waals surface area contributed by atoms with Crippen LogP contribution in [0, 0.1) is 5.92 Å². The van der Waals surface area contributed by atoms with Gasteiger partial charge in [0.05, 0.1) is 16.5 Å². The summed E-state index contributed by atoms with van der Waals surface area (Å²) in [6, 6.07) is 4.23. The molecular weight excluding hydrogens is 256 g/mol. The van der Waals surface area contributed by atoms with Crippen LogP contribution in [0.15, 0.2) is 12.1 Å². The van der Waals surface area contributed by atoms with Crippen molar-refractivity contribution in [2.24, 2.45) is 11.7 Å². The van der Waals surface area contributed by atoms with Crippen LogP contribution in [-0.2, 0) is 0 Å². The number of likely N-dealkylation sites (tertiary alicyclic amines) is 1. The lowest BCUT2D eigenvalue weighted by atomic mass is 10.0. The maximum atomic E-state index is 9.62. The third-order valence-corrected chi connectivity index (χ3v) is 4.86. The van der Waals surface area contributed by atoms with Crippen molar-refractivity contribution >= 4 is 22.9 Å². The summed E-state index contributed by atoms with van der Waals surface area (Å²) in [5, 5.41) is 9.62. The van der Waals surface area contributed by atoms with Crippen LogP contribution >= 0.6 is 22.9 Å². The Kier molecular flexibility index (Phi) is 4.44. The Morgan fingerprint density at radius 3 is 2.88 bits per heavy atom. The van der Waals surface area contributed by atoms with E-state index in [0.717, 1.165) is 23.8 Å².